The summed E-state index contributed by atoms with van der Waals surface area (Å²) in [4.78, 5) is 28.0. The predicted molar refractivity (Wildman–Crippen MR) is 109 cm³/mol. The average molecular weight is 477 g/mol. The number of ether oxygens (including phenoxy) is 3. The first-order chi connectivity index (χ1) is 13.0. The van der Waals surface area contributed by atoms with Crippen LogP contribution in [0.15, 0.2) is 53.2 Å². The number of methoxy groups -OCH3 is 1. The summed E-state index contributed by atoms with van der Waals surface area (Å²) >= 11 is 2.20. The number of halogens is 1. The van der Waals surface area contributed by atoms with E-state index in [4.69, 9.17) is 14.2 Å². The van der Waals surface area contributed by atoms with E-state index in [1.54, 1.807) is 31.2 Å². The fourth-order valence-corrected chi connectivity index (χ4v) is 2.70. The van der Waals surface area contributed by atoms with Crippen LogP contribution < -0.4 is 9.47 Å². The highest BCUT2D eigenvalue weighted by Gasteiger charge is 2.24. The molecule has 0 N–H and O–H groups in total. The Morgan fingerprint density at radius 1 is 1.19 bits per heavy atom. The number of rotatable bonds is 5. The van der Waals surface area contributed by atoms with Gasteiger partial charge in [0.2, 0.25) is 5.90 Å². The van der Waals surface area contributed by atoms with Gasteiger partial charge in [0.05, 0.1) is 7.11 Å². The number of esters is 2. The smallest absolute Gasteiger partial charge is 0.363 e. The maximum Gasteiger partial charge on any atom is 0.363 e. The van der Waals surface area contributed by atoms with Gasteiger partial charge in [-0.3, -0.25) is 4.79 Å². The summed E-state index contributed by atoms with van der Waals surface area (Å²) in [7, 11) is 1.49. The molecular formula is C20H16INO5. The molecule has 27 heavy (non-hydrogen) atoms. The molecule has 0 fully saturated rings. The van der Waals surface area contributed by atoms with Gasteiger partial charge in [-0.2, -0.15) is 0 Å². The molecule has 0 unspecified atom stereocenters. The largest absolute Gasteiger partial charge is 0.493 e. The summed E-state index contributed by atoms with van der Waals surface area (Å²) in [6.45, 7) is 1.70. The van der Waals surface area contributed by atoms with Gasteiger partial charge in [0.15, 0.2) is 17.2 Å². The van der Waals surface area contributed by atoms with Gasteiger partial charge in [-0.25, -0.2) is 9.79 Å². The zero-order chi connectivity index (χ0) is 19.4. The topological polar surface area (TPSA) is 74.2 Å². The molecule has 0 bridgehead atoms. The molecule has 0 amide bonds. The van der Waals surface area contributed by atoms with Crippen molar-refractivity contribution in [3.63, 3.8) is 0 Å². The van der Waals surface area contributed by atoms with Crippen LogP contribution in [0, 0.1) is 3.57 Å². The predicted octanol–water partition coefficient (Wildman–Crippen LogP) is 3.96. The summed E-state index contributed by atoms with van der Waals surface area (Å²) in [5.74, 6) is 0.0561. The lowest BCUT2D eigenvalue weighted by molar-refractivity contribution is -0.134. The zero-order valence-electron chi connectivity index (χ0n) is 14.7. The third-order valence-corrected chi connectivity index (χ3v) is 4.43. The highest BCUT2D eigenvalue weighted by molar-refractivity contribution is 14.1. The number of carbonyl (C=O) groups excluding carboxylic acids is 2. The molecule has 138 valence electrons. The van der Waals surface area contributed by atoms with Crippen LogP contribution in [0.5, 0.6) is 11.5 Å². The van der Waals surface area contributed by atoms with Crippen molar-refractivity contribution in [3.05, 3.63) is 62.9 Å². The van der Waals surface area contributed by atoms with E-state index in [9.17, 15) is 9.59 Å². The summed E-state index contributed by atoms with van der Waals surface area (Å²) in [6, 6.07) is 12.5. The number of hydrogen-bond donors (Lipinski definition) is 0. The van der Waals surface area contributed by atoms with Crippen molar-refractivity contribution < 1.29 is 23.8 Å². The van der Waals surface area contributed by atoms with Crippen LogP contribution >= 0.6 is 22.6 Å². The van der Waals surface area contributed by atoms with Crippen molar-refractivity contribution in [1.82, 2.24) is 0 Å². The van der Waals surface area contributed by atoms with E-state index in [0.717, 1.165) is 9.13 Å². The lowest BCUT2D eigenvalue weighted by atomic mass is 10.1. The molecule has 2 aromatic carbocycles. The number of aliphatic imine (C=N–C) groups is 1. The highest BCUT2D eigenvalue weighted by Crippen LogP contribution is 2.30. The Labute approximate surface area is 170 Å². The van der Waals surface area contributed by atoms with Crippen molar-refractivity contribution in [2.75, 3.05) is 7.11 Å². The van der Waals surface area contributed by atoms with Crippen LogP contribution in [0.2, 0.25) is 0 Å². The van der Waals surface area contributed by atoms with E-state index < -0.39 is 5.97 Å². The summed E-state index contributed by atoms with van der Waals surface area (Å²) in [6.07, 6.45) is 1.81. The molecule has 2 aromatic rings. The molecule has 0 spiro atoms. The van der Waals surface area contributed by atoms with Crippen molar-refractivity contribution >= 4 is 46.5 Å². The molecule has 0 atom stereocenters. The average Bonchev–Trinajstić information content (AvgIpc) is 3.03. The Bertz CT molecular complexity index is 947. The van der Waals surface area contributed by atoms with E-state index in [2.05, 4.69) is 27.6 Å². The Morgan fingerprint density at radius 3 is 2.59 bits per heavy atom. The van der Waals surface area contributed by atoms with Gasteiger partial charge in [-0.05, 0) is 70.6 Å². The van der Waals surface area contributed by atoms with E-state index >= 15 is 0 Å². The maximum atomic E-state index is 12.1. The van der Waals surface area contributed by atoms with Gasteiger partial charge in [0, 0.05) is 15.6 Å². The minimum Gasteiger partial charge on any atom is -0.493 e. The number of benzene rings is 2. The molecule has 0 radical (unpaired) electrons. The Hall–Kier alpha value is -2.68. The van der Waals surface area contributed by atoms with Crippen LogP contribution in [-0.2, 0) is 14.3 Å². The van der Waals surface area contributed by atoms with Gasteiger partial charge in [-0.1, -0.05) is 13.0 Å². The molecule has 1 heterocycles. The number of cyclic esters (lactones) is 1. The minimum atomic E-state index is -0.536. The van der Waals surface area contributed by atoms with Gasteiger partial charge in [0.25, 0.3) is 0 Å². The SMILES string of the molecule is CCC(=O)Oc1cc(C=C2N=C(c3ccc(I)cc3)OC2=O)ccc1OC. The lowest BCUT2D eigenvalue weighted by Gasteiger charge is -2.09. The first-order valence-electron chi connectivity index (χ1n) is 8.17. The van der Waals surface area contributed by atoms with Gasteiger partial charge >= 0.3 is 11.9 Å². The molecule has 1 aliphatic rings. The van der Waals surface area contributed by atoms with Crippen molar-refractivity contribution in [2.45, 2.75) is 13.3 Å². The zero-order valence-corrected chi connectivity index (χ0v) is 16.8. The second-order valence-electron chi connectivity index (χ2n) is 5.58. The quantitative estimate of drug-likeness (QED) is 0.282. The molecule has 0 saturated heterocycles. The molecule has 3 rings (SSSR count). The van der Waals surface area contributed by atoms with Gasteiger partial charge in [-0.15, -0.1) is 0 Å². The number of nitrogens with zero attached hydrogens (tertiary/aromatic N) is 1. The second-order valence-corrected chi connectivity index (χ2v) is 6.83. The van der Waals surface area contributed by atoms with E-state index in [-0.39, 0.29) is 29.7 Å². The van der Waals surface area contributed by atoms with Gasteiger partial charge in [0.1, 0.15) is 0 Å². The molecule has 7 heteroatoms. The van der Waals surface area contributed by atoms with Crippen LogP contribution in [0.25, 0.3) is 6.08 Å². The Morgan fingerprint density at radius 2 is 1.93 bits per heavy atom. The summed E-state index contributed by atoms with van der Waals surface area (Å²) < 4.78 is 16.8. The normalized spacial score (nSPS) is 14.7. The molecule has 0 aromatic heterocycles. The van der Waals surface area contributed by atoms with Crippen molar-refractivity contribution in [3.8, 4) is 11.5 Å². The third kappa shape index (κ3) is 4.54. The number of hydrogen-bond acceptors (Lipinski definition) is 6. The monoisotopic (exact) mass is 477 g/mol. The summed E-state index contributed by atoms with van der Waals surface area (Å²) in [5.41, 5.74) is 1.52. The Kier molecular flexibility index (Phi) is 5.90. The molecule has 6 nitrogen and oxygen atoms in total. The van der Waals surface area contributed by atoms with E-state index in [0.29, 0.717) is 11.3 Å². The first kappa shape index (κ1) is 19.1. The van der Waals surface area contributed by atoms with E-state index in [1.165, 1.54) is 7.11 Å². The van der Waals surface area contributed by atoms with Crippen LogP contribution in [0.1, 0.15) is 24.5 Å². The van der Waals surface area contributed by atoms with Crippen molar-refractivity contribution in [1.29, 1.82) is 0 Å². The van der Waals surface area contributed by atoms with Crippen LogP contribution in [0.3, 0.4) is 0 Å². The van der Waals surface area contributed by atoms with Crippen molar-refractivity contribution in [2.24, 2.45) is 4.99 Å². The molecule has 0 aliphatic carbocycles. The van der Waals surface area contributed by atoms with Crippen LogP contribution in [0.4, 0.5) is 0 Å². The standard InChI is InChI=1S/C20H16INO5/c1-3-18(23)26-17-11-12(4-9-16(17)25-2)10-15-20(24)27-19(22-15)13-5-7-14(21)8-6-13/h4-11H,3H2,1-2H3. The lowest BCUT2D eigenvalue weighted by Crippen LogP contribution is -2.07. The minimum absolute atomic E-state index is 0.168. The molecular weight excluding hydrogens is 461 g/mol. The fraction of sp³-hybridized carbons (Fsp3) is 0.150. The highest BCUT2D eigenvalue weighted by atomic mass is 127. The van der Waals surface area contributed by atoms with Gasteiger partial charge < -0.3 is 14.2 Å². The van der Waals surface area contributed by atoms with Crippen LogP contribution in [-0.4, -0.2) is 24.9 Å². The third-order valence-electron chi connectivity index (χ3n) is 3.72. The molecule has 0 saturated carbocycles. The maximum absolute atomic E-state index is 12.1. The molecule has 1 aliphatic heterocycles. The number of carbonyl (C=O) groups is 2. The Balaban J connectivity index is 1.91. The summed E-state index contributed by atoms with van der Waals surface area (Å²) in [5, 5.41) is 0. The second kappa shape index (κ2) is 8.34. The fourth-order valence-electron chi connectivity index (χ4n) is 2.34. The van der Waals surface area contributed by atoms with E-state index in [1.807, 2.05) is 24.3 Å². The first-order valence-corrected chi connectivity index (χ1v) is 9.25.